The van der Waals surface area contributed by atoms with E-state index in [1.807, 2.05) is 6.92 Å². The van der Waals surface area contributed by atoms with Crippen LogP contribution in [0.2, 0.25) is 0 Å². The second kappa shape index (κ2) is 9.09. The molecular formula is C14H27N3O. The van der Waals surface area contributed by atoms with E-state index in [0.29, 0.717) is 6.42 Å². The van der Waals surface area contributed by atoms with Crippen LogP contribution in [-0.2, 0) is 12.8 Å². The fraction of sp³-hybridized carbons (Fsp3) is 0.857. The Morgan fingerprint density at radius 3 is 2.44 bits per heavy atom. The smallest absolute Gasteiger partial charge is 0.226 e. The topological polar surface area (TPSA) is 64.9 Å². The molecule has 4 nitrogen and oxygen atoms in total. The molecule has 0 aliphatic carbocycles. The van der Waals surface area contributed by atoms with Crippen LogP contribution in [0.4, 0.5) is 0 Å². The summed E-state index contributed by atoms with van der Waals surface area (Å²) in [6, 6.07) is 0.0917. The molecule has 1 atom stereocenters. The predicted molar refractivity (Wildman–Crippen MR) is 73.3 cm³/mol. The number of nitrogens with zero attached hydrogens (tertiary/aromatic N) is 2. The summed E-state index contributed by atoms with van der Waals surface area (Å²) in [4.78, 5) is 4.34. The number of aryl methyl sites for hydroxylation is 1. The van der Waals surface area contributed by atoms with E-state index in [1.54, 1.807) is 0 Å². The third-order valence-electron chi connectivity index (χ3n) is 3.01. The molecule has 0 radical (unpaired) electrons. The van der Waals surface area contributed by atoms with Gasteiger partial charge in [-0.15, -0.1) is 0 Å². The van der Waals surface area contributed by atoms with Crippen LogP contribution in [-0.4, -0.2) is 16.2 Å². The highest BCUT2D eigenvalue weighted by Gasteiger charge is 2.07. The van der Waals surface area contributed by atoms with Crippen molar-refractivity contribution in [3.8, 4) is 0 Å². The van der Waals surface area contributed by atoms with E-state index in [0.717, 1.165) is 24.6 Å². The van der Waals surface area contributed by atoms with Gasteiger partial charge >= 0.3 is 0 Å². The minimum absolute atomic E-state index is 0.0917. The molecule has 0 saturated heterocycles. The number of unbranched alkanes of at least 4 members (excludes halogenated alkanes) is 6. The lowest BCUT2D eigenvalue weighted by Gasteiger charge is -1.99. The summed E-state index contributed by atoms with van der Waals surface area (Å²) in [5, 5.41) is 3.93. The van der Waals surface area contributed by atoms with Gasteiger partial charge in [-0.2, -0.15) is 4.98 Å². The van der Waals surface area contributed by atoms with Gasteiger partial charge in [0, 0.05) is 18.9 Å². The van der Waals surface area contributed by atoms with Crippen molar-refractivity contribution >= 4 is 0 Å². The van der Waals surface area contributed by atoms with Gasteiger partial charge < -0.3 is 10.3 Å². The zero-order valence-corrected chi connectivity index (χ0v) is 11.8. The fourth-order valence-corrected chi connectivity index (χ4v) is 2.00. The van der Waals surface area contributed by atoms with Gasteiger partial charge in [0.15, 0.2) is 5.82 Å². The lowest BCUT2D eigenvalue weighted by atomic mass is 10.1. The summed E-state index contributed by atoms with van der Waals surface area (Å²) >= 11 is 0. The van der Waals surface area contributed by atoms with Crippen LogP contribution in [0.1, 0.15) is 70.5 Å². The van der Waals surface area contributed by atoms with Gasteiger partial charge in [0.2, 0.25) is 5.89 Å². The van der Waals surface area contributed by atoms with Crippen molar-refractivity contribution in [3.05, 3.63) is 11.7 Å². The first kappa shape index (κ1) is 15.2. The summed E-state index contributed by atoms with van der Waals surface area (Å²) in [6.07, 6.45) is 10.7. The van der Waals surface area contributed by atoms with Crippen LogP contribution >= 0.6 is 0 Å². The molecule has 0 bridgehead atoms. The van der Waals surface area contributed by atoms with Crippen molar-refractivity contribution in [1.82, 2.24) is 10.1 Å². The highest BCUT2D eigenvalue weighted by Crippen LogP contribution is 2.10. The molecule has 4 heteroatoms. The molecule has 18 heavy (non-hydrogen) atoms. The Labute approximate surface area is 110 Å². The summed E-state index contributed by atoms with van der Waals surface area (Å²) in [6.45, 7) is 4.20. The molecule has 1 heterocycles. The molecule has 1 unspecified atom stereocenters. The van der Waals surface area contributed by atoms with Gasteiger partial charge in [-0.05, 0) is 13.3 Å². The molecule has 0 aliphatic heterocycles. The molecule has 0 aliphatic rings. The van der Waals surface area contributed by atoms with Crippen LogP contribution in [0.5, 0.6) is 0 Å². The molecule has 104 valence electrons. The van der Waals surface area contributed by atoms with E-state index in [2.05, 4.69) is 17.1 Å². The summed E-state index contributed by atoms with van der Waals surface area (Å²) < 4.78 is 5.19. The van der Waals surface area contributed by atoms with Crippen LogP contribution in [0.3, 0.4) is 0 Å². The van der Waals surface area contributed by atoms with Gasteiger partial charge in [-0.3, -0.25) is 0 Å². The van der Waals surface area contributed by atoms with E-state index < -0.39 is 0 Å². The maximum absolute atomic E-state index is 5.69. The second-order valence-corrected chi connectivity index (χ2v) is 5.16. The van der Waals surface area contributed by atoms with Crippen molar-refractivity contribution in [2.45, 2.75) is 77.7 Å². The van der Waals surface area contributed by atoms with E-state index in [9.17, 15) is 0 Å². The second-order valence-electron chi connectivity index (χ2n) is 5.16. The maximum Gasteiger partial charge on any atom is 0.226 e. The van der Waals surface area contributed by atoms with Crippen molar-refractivity contribution < 1.29 is 4.52 Å². The minimum Gasteiger partial charge on any atom is -0.339 e. The van der Waals surface area contributed by atoms with Crippen LogP contribution < -0.4 is 5.73 Å². The maximum atomic E-state index is 5.69. The third kappa shape index (κ3) is 6.74. The Balaban J connectivity index is 2.06. The molecule has 0 spiro atoms. The quantitative estimate of drug-likeness (QED) is 0.650. The Kier molecular flexibility index (Phi) is 7.65. The average molecular weight is 253 g/mol. The average Bonchev–Trinajstić information content (AvgIpc) is 2.75. The minimum atomic E-state index is 0.0917. The van der Waals surface area contributed by atoms with Crippen LogP contribution in [0, 0.1) is 0 Å². The molecule has 0 amide bonds. The SMILES string of the molecule is CCCCCCCCCc1nc(CC(C)N)no1. The van der Waals surface area contributed by atoms with Gasteiger partial charge in [0.25, 0.3) is 0 Å². The van der Waals surface area contributed by atoms with Crippen molar-refractivity contribution in [2.75, 3.05) is 0 Å². The van der Waals surface area contributed by atoms with E-state index >= 15 is 0 Å². The summed E-state index contributed by atoms with van der Waals surface area (Å²) in [5.41, 5.74) is 5.69. The molecule has 0 fully saturated rings. The lowest BCUT2D eigenvalue weighted by Crippen LogP contribution is -2.18. The van der Waals surface area contributed by atoms with Gasteiger partial charge in [-0.1, -0.05) is 50.6 Å². The standard InChI is InChI=1S/C14H27N3O/c1-3-4-5-6-7-8-9-10-14-16-13(17-18-14)11-12(2)15/h12H,3-11,15H2,1-2H3. The Hall–Kier alpha value is -0.900. The zero-order valence-electron chi connectivity index (χ0n) is 11.8. The van der Waals surface area contributed by atoms with Gasteiger partial charge in [-0.25, -0.2) is 0 Å². The number of hydrogen-bond acceptors (Lipinski definition) is 4. The Morgan fingerprint density at radius 1 is 1.11 bits per heavy atom. The third-order valence-corrected chi connectivity index (χ3v) is 3.01. The predicted octanol–water partition coefficient (Wildman–Crippen LogP) is 3.25. The molecule has 1 aromatic rings. The molecule has 0 aromatic carbocycles. The normalized spacial score (nSPS) is 12.8. The van der Waals surface area contributed by atoms with Crippen LogP contribution in [0.15, 0.2) is 4.52 Å². The fourth-order valence-electron chi connectivity index (χ4n) is 2.00. The highest BCUT2D eigenvalue weighted by molar-refractivity contribution is 4.88. The Bertz CT molecular complexity index is 310. The Morgan fingerprint density at radius 2 is 1.78 bits per heavy atom. The first-order valence-electron chi connectivity index (χ1n) is 7.29. The zero-order chi connectivity index (χ0) is 13.2. The van der Waals surface area contributed by atoms with E-state index in [-0.39, 0.29) is 6.04 Å². The van der Waals surface area contributed by atoms with Crippen molar-refractivity contribution in [1.29, 1.82) is 0 Å². The number of rotatable bonds is 10. The number of aromatic nitrogens is 2. The molecule has 1 aromatic heterocycles. The molecule has 2 N–H and O–H groups in total. The summed E-state index contributed by atoms with van der Waals surface area (Å²) in [7, 11) is 0. The number of hydrogen-bond donors (Lipinski definition) is 1. The van der Waals surface area contributed by atoms with Crippen molar-refractivity contribution in [3.63, 3.8) is 0 Å². The first-order valence-corrected chi connectivity index (χ1v) is 7.29. The van der Waals surface area contributed by atoms with Gasteiger partial charge in [0.05, 0.1) is 0 Å². The van der Waals surface area contributed by atoms with Gasteiger partial charge in [0.1, 0.15) is 0 Å². The van der Waals surface area contributed by atoms with Crippen molar-refractivity contribution in [2.24, 2.45) is 5.73 Å². The van der Waals surface area contributed by atoms with E-state index in [1.165, 1.54) is 38.5 Å². The lowest BCUT2D eigenvalue weighted by molar-refractivity contribution is 0.367. The van der Waals surface area contributed by atoms with E-state index in [4.69, 9.17) is 10.3 Å². The molecular weight excluding hydrogens is 226 g/mol. The summed E-state index contributed by atoms with van der Waals surface area (Å²) in [5.74, 6) is 1.50. The number of nitrogens with two attached hydrogens (primary N) is 1. The molecule has 1 rings (SSSR count). The highest BCUT2D eigenvalue weighted by atomic mass is 16.5. The largest absolute Gasteiger partial charge is 0.339 e. The van der Waals surface area contributed by atoms with Crippen LogP contribution in [0.25, 0.3) is 0 Å². The molecule has 0 saturated carbocycles. The monoisotopic (exact) mass is 253 g/mol. The first-order chi connectivity index (χ1) is 8.72.